The minimum absolute atomic E-state index is 0.0799. The van der Waals surface area contributed by atoms with Gasteiger partial charge in [0.25, 0.3) is 0 Å². The SMILES string of the molecule is C=C/C=C/c1cccc(OCCOC)c1.CCOC(=O)[C@@H]1[C@@H](c2cccc(OCCOC)c2)CCN(C(=O)OC(C)(C)C)[C@H]1C.CCOC(=O)[C@H]1[C@@H](c2cccc(OCCOC)c2)CCN(C(=O)OC(C)(C)C)[C@H]1C. The third-order valence-corrected chi connectivity index (χ3v) is 12.1. The number of amides is 2. The van der Waals surface area contributed by atoms with Crippen LogP contribution in [0.1, 0.15) is 111 Å². The molecule has 5 rings (SSSR count). The molecule has 0 spiro atoms. The van der Waals surface area contributed by atoms with Gasteiger partial charge in [0, 0.05) is 58.3 Å². The number of allylic oxidation sites excluding steroid dienone is 2. The summed E-state index contributed by atoms with van der Waals surface area (Å²) in [5.74, 6) is 0.596. The Morgan fingerprint density at radius 3 is 1.29 bits per heavy atom. The predicted octanol–water partition coefficient (Wildman–Crippen LogP) is 10.9. The lowest BCUT2D eigenvalue weighted by atomic mass is 9.76. The molecule has 0 saturated carbocycles. The van der Waals surface area contributed by atoms with Crippen molar-refractivity contribution in [2.24, 2.45) is 11.8 Å². The Bertz CT molecular complexity index is 2110. The fourth-order valence-electron chi connectivity index (χ4n) is 8.77. The third-order valence-electron chi connectivity index (χ3n) is 12.1. The Balaban J connectivity index is 0.000000313. The third kappa shape index (κ3) is 21.6. The van der Waals surface area contributed by atoms with Crippen molar-refractivity contribution in [3.05, 3.63) is 108 Å². The largest absolute Gasteiger partial charge is 0.491 e. The summed E-state index contributed by atoms with van der Waals surface area (Å²) >= 11 is 0. The van der Waals surface area contributed by atoms with Gasteiger partial charge in [0.1, 0.15) is 48.3 Å². The van der Waals surface area contributed by atoms with Crippen molar-refractivity contribution < 1.29 is 66.5 Å². The van der Waals surface area contributed by atoms with E-state index in [4.69, 9.17) is 47.4 Å². The van der Waals surface area contributed by atoms with Gasteiger partial charge >= 0.3 is 24.1 Å². The van der Waals surface area contributed by atoms with Gasteiger partial charge in [-0.05, 0) is 135 Å². The van der Waals surface area contributed by atoms with Crippen molar-refractivity contribution in [2.75, 3.05) is 87.3 Å². The Kier molecular flexibility index (Phi) is 27.3. The summed E-state index contributed by atoms with van der Waals surface area (Å²) in [6.45, 7) is 26.7. The van der Waals surface area contributed by atoms with Crippen molar-refractivity contribution in [3.8, 4) is 17.2 Å². The summed E-state index contributed by atoms with van der Waals surface area (Å²) in [6.07, 6.45) is 6.09. The number of methoxy groups -OCH3 is 3. The van der Waals surface area contributed by atoms with Crippen LogP contribution >= 0.6 is 0 Å². The van der Waals surface area contributed by atoms with Gasteiger partial charge in [-0.3, -0.25) is 9.59 Å². The zero-order valence-corrected chi connectivity index (χ0v) is 46.9. The maximum absolute atomic E-state index is 12.9. The van der Waals surface area contributed by atoms with Crippen LogP contribution in [-0.4, -0.2) is 144 Å². The smallest absolute Gasteiger partial charge is 0.410 e. The zero-order chi connectivity index (χ0) is 55.6. The molecule has 2 fully saturated rings. The van der Waals surface area contributed by atoms with E-state index in [1.807, 2.05) is 140 Å². The first kappa shape index (κ1) is 63.2. The van der Waals surface area contributed by atoms with E-state index < -0.39 is 35.2 Å². The van der Waals surface area contributed by atoms with Crippen LogP contribution in [-0.2, 0) is 42.7 Å². The molecule has 0 bridgehead atoms. The summed E-state index contributed by atoms with van der Waals surface area (Å²) < 4.78 is 53.8. The van der Waals surface area contributed by atoms with Crippen LogP contribution < -0.4 is 14.2 Å². The summed E-state index contributed by atoms with van der Waals surface area (Å²) in [5.41, 5.74) is 1.91. The summed E-state index contributed by atoms with van der Waals surface area (Å²) in [4.78, 5) is 54.5. The lowest BCUT2D eigenvalue weighted by molar-refractivity contribution is -0.153. The van der Waals surface area contributed by atoms with E-state index in [1.165, 1.54) is 0 Å². The van der Waals surface area contributed by atoms with Crippen molar-refractivity contribution in [1.29, 1.82) is 0 Å². The number of carbonyl (C=O) groups excluding carboxylic acids is 4. The molecular formula is C59H86N2O14. The minimum atomic E-state index is -0.596. The van der Waals surface area contributed by atoms with Gasteiger partial charge < -0.3 is 57.2 Å². The highest BCUT2D eigenvalue weighted by Crippen LogP contribution is 2.41. The van der Waals surface area contributed by atoms with Crippen LogP contribution in [0.2, 0.25) is 0 Å². The van der Waals surface area contributed by atoms with Crippen LogP contribution in [0.3, 0.4) is 0 Å². The van der Waals surface area contributed by atoms with E-state index in [0.29, 0.717) is 78.8 Å². The normalized spacial score (nSPS) is 19.5. The number of hydrogen-bond acceptors (Lipinski definition) is 14. The number of nitrogens with zero attached hydrogens (tertiary/aromatic N) is 2. The Hall–Kier alpha value is -6.10. The zero-order valence-electron chi connectivity index (χ0n) is 46.9. The molecule has 0 unspecified atom stereocenters. The Morgan fingerprint density at radius 2 is 0.947 bits per heavy atom. The maximum atomic E-state index is 12.9. The molecule has 6 atom stereocenters. The van der Waals surface area contributed by atoms with Crippen molar-refractivity contribution in [2.45, 2.75) is 117 Å². The lowest BCUT2D eigenvalue weighted by Crippen LogP contribution is -2.53. The number of esters is 2. The summed E-state index contributed by atoms with van der Waals surface area (Å²) in [6, 6.07) is 22.7. The second-order valence-electron chi connectivity index (χ2n) is 20.0. The molecule has 2 aliphatic heterocycles. The molecule has 3 aromatic carbocycles. The first-order valence-corrected chi connectivity index (χ1v) is 26.0. The molecule has 0 N–H and O–H groups in total. The molecule has 2 amide bonds. The highest BCUT2D eigenvalue weighted by molar-refractivity contribution is 5.78. The highest BCUT2D eigenvalue weighted by atomic mass is 16.6. The molecule has 2 saturated heterocycles. The summed E-state index contributed by atoms with van der Waals surface area (Å²) in [5, 5.41) is 0. The van der Waals surface area contributed by atoms with Crippen LogP contribution in [0, 0.1) is 11.8 Å². The number of piperidine rings is 2. The number of rotatable bonds is 20. The lowest BCUT2D eigenvalue weighted by Gasteiger charge is -2.43. The molecule has 416 valence electrons. The average Bonchev–Trinajstić information content (AvgIpc) is 3.35. The predicted molar refractivity (Wildman–Crippen MR) is 290 cm³/mol. The Morgan fingerprint density at radius 1 is 0.573 bits per heavy atom. The van der Waals surface area contributed by atoms with Crippen LogP contribution in [0.5, 0.6) is 17.2 Å². The second kappa shape index (κ2) is 32.4. The van der Waals surface area contributed by atoms with Gasteiger partial charge in [-0.1, -0.05) is 61.2 Å². The first-order chi connectivity index (χ1) is 35.7. The topological polar surface area (TPSA) is 167 Å². The van der Waals surface area contributed by atoms with E-state index in [9.17, 15) is 19.2 Å². The summed E-state index contributed by atoms with van der Waals surface area (Å²) in [7, 11) is 4.92. The highest BCUT2D eigenvalue weighted by Gasteiger charge is 2.46. The van der Waals surface area contributed by atoms with Crippen LogP contribution in [0.15, 0.2) is 91.5 Å². The van der Waals surface area contributed by atoms with Gasteiger partial charge in [-0.15, -0.1) is 0 Å². The van der Waals surface area contributed by atoms with Crippen LogP contribution in [0.25, 0.3) is 6.08 Å². The number of likely N-dealkylation sites (tertiary alicyclic amines) is 2. The standard InChI is InChI=1S/2C23H35NO6.C13H16O2/c2*1-7-28-21(25)20-16(2)24(22(26)30-23(3,4)5)12-11-19(20)17-9-8-10-18(15-17)29-14-13-27-6;1-3-4-6-12-7-5-8-13(11-12)15-10-9-14-2/h2*8-10,15-16,19-20H,7,11-14H2,1-6H3;3-8,11H,1,9-10H2,2H3/b;;6-4+/t16-,19+,20+;16-,19+,20-;/m00./s1. The fraction of sp³-hybridized carbons (Fsp3) is 0.559. The minimum Gasteiger partial charge on any atom is -0.491 e. The number of hydrogen-bond donors (Lipinski definition) is 0. The molecule has 2 aliphatic rings. The van der Waals surface area contributed by atoms with Gasteiger partial charge in [0.05, 0.1) is 44.9 Å². The first-order valence-electron chi connectivity index (χ1n) is 26.0. The molecule has 16 heteroatoms. The molecule has 0 radical (unpaired) electrons. The fourth-order valence-corrected chi connectivity index (χ4v) is 8.77. The maximum Gasteiger partial charge on any atom is 0.410 e. The van der Waals surface area contributed by atoms with E-state index in [1.54, 1.807) is 51.1 Å². The van der Waals surface area contributed by atoms with Gasteiger partial charge in [-0.2, -0.15) is 0 Å². The van der Waals surface area contributed by atoms with Gasteiger partial charge in [-0.25, -0.2) is 9.59 Å². The van der Waals surface area contributed by atoms with E-state index in [2.05, 4.69) is 6.58 Å². The van der Waals surface area contributed by atoms with E-state index >= 15 is 0 Å². The molecule has 3 aromatic rings. The monoisotopic (exact) mass is 1050 g/mol. The molecule has 16 nitrogen and oxygen atoms in total. The van der Waals surface area contributed by atoms with Gasteiger partial charge in [0.2, 0.25) is 0 Å². The molecule has 2 heterocycles. The van der Waals surface area contributed by atoms with E-state index in [0.717, 1.165) is 33.9 Å². The number of ether oxygens (including phenoxy) is 10. The molecular weight excluding hydrogens is 961 g/mol. The second-order valence-corrected chi connectivity index (χ2v) is 20.0. The molecule has 75 heavy (non-hydrogen) atoms. The molecule has 0 aliphatic carbocycles. The number of benzene rings is 3. The average molecular weight is 1050 g/mol. The van der Waals surface area contributed by atoms with Crippen molar-refractivity contribution >= 4 is 30.2 Å². The molecule has 0 aromatic heterocycles. The van der Waals surface area contributed by atoms with Gasteiger partial charge in [0.15, 0.2) is 0 Å². The van der Waals surface area contributed by atoms with Crippen LogP contribution in [0.4, 0.5) is 9.59 Å². The van der Waals surface area contributed by atoms with E-state index in [-0.39, 0.29) is 35.9 Å². The van der Waals surface area contributed by atoms with Crippen molar-refractivity contribution in [3.63, 3.8) is 0 Å². The van der Waals surface area contributed by atoms with Crippen molar-refractivity contribution in [1.82, 2.24) is 9.80 Å². The number of carbonyl (C=O) groups is 4. The Labute approximate surface area is 446 Å². The quantitative estimate of drug-likeness (QED) is 0.0454.